The van der Waals surface area contributed by atoms with Crippen molar-refractivity contribution in [2.75, 3.05) is 19.7 Å². The van der Waals surface area contributed by atoms with E-state index >= 15 is 0 Å². The highest BCUT2D eigenvalue weighted by atomic mass is 16.5. The Morgan fingerprint density at radius 3 is 2.75 bits per heavy atom. The van der Waals surface area contributed by atoms with Gasteiger partial charge >= 0.3 is 6.09 Å². The summed E-state index contributed by atoms with van der Waals surface area (Å²) in [5.74, 6) is 0.0908. The molecule has 7 heteroatoms. The molecule has 2 fully saturated rings. The molecule has 2 atom stereocenters. The first-order valence-corrected chi connectivity index (χ1v) is 7.31. The van der Waals surface area contributed by atoms with E-state index in [1.54, 1.807) is 6.92 Å². The Bertz CT molecular complexity index is 356. The maximum Gasteiger partial charge on any atom is 0.407 e. The Hall–Kier alpha value is -1.34. The van der Waals surface area contributed by atoms with E-state index in [2.05, 4.69) is 20.9 Å². The van der Waals surface area contributed by atoms with E-state index in [1.165, 1.54) is 0 Å². The van der Waals surface area contributed by atoms with Crippen LogP contribution in [0.4, 0.5) is 4.79 Å². The Morgan fingerprint density at radius 2 is 2.15 bits per heavy atom. The lowest BCUT2D eigenvalue weighted by Crippen LogP contribution is -2.65. The summed E-state index contributed by atoms with van der Waals surface area (Å²) in [5, 5.41) is 9.20. The van der Waals surface area contributed by atoms with Gasteiger partial charge in [0.25, 0.3) is 0 Å². The number of piperidine rings is 1. The van der Waals surface area contributed by atoms with Gasteiger partial charge in [-0.15, -0.1) is 0 Å². The number of rotatable bonds is 3. The van der Waals surface area contributed by atoms with Crippen LogP contribution in [0.5, 0.6) is 0 Å². The van der Waals surface area contributed by atoms with Gasteiger partial charge in [-0.2, -0.15) is 0 Å². The molecule has 2 amide bonds. The van der Waals surface area contributed by atoms with Crippen molar-refractivity contribution in [3.63, 3.8) is 0 Å². The minimum absolute atomic E-state index is 0.0882. The fraction of sp³-hybridized carbons (Fsp3) is 0.846. The molecule has 0 saturated carbocycles. The molecule has 2 rings (SSSR count). The number of carbonyl (C=O) groups is 2. The maximum atomic E-state index is 11.6. The van der Waals surface area contributed by atoms with Gasteiger partial charge in [0.2, 0.25) is 5.91 Å². The molecule has 0 spiro atoms. The summed E-state index contributed by atoms with van der Waals surface area (Å²) >= 11 is 0. The average molecular weight is 284 g/mol. The second kappa shape index (κ2) is 6.90. The summed E-state index contributed by atoms with van der Waals surface area (Å²) < 4.78 is 4.88. The van der Waals surface area contributed by atoms with Crippen LogP contribution >= 0.6 is 0 Å². The molecular weight excluding hydrogens is 260 g/mol. The van der Waals surface area contributed by atoms with E-state index in [4.69, 9.17) is 4.74 Å². The fourth-order valence-corrected chi connectivity index (χ4v) is 2.70. The SMILES string of the molecule is CCOC(=O)NC1CCN(C2NC(=O)CC(C)N2)CC1. The third-order valence-electron chi connectivity index (χ3n) is 3.72. The van der Waals surface area contributed by atoms with Gasteiger partial charge in [-0.3, -0.25) is 15.0 Å². The van der Waals surface area contributed by atoms with Crippen LogP contribution in [-0.2, 0) is 9.53 Å². The minimum Gasteiger partial charge on any atom is -0.450 e. The maximum absolute atomic E-state index is 11.6. The lowest BCUT2D eigenvalue weighted by Gasteiger charge is -2.41. The van der Waals surface area contributed by atoms with Crippen molar-refractivity contribution in [2.24, 2.45) is 0 Å². The van der Waals surface area contributed by atoms with E-state index < -0.39 is 0 Å². The summed E-state index contributed by atoms with van der Waals surface area (Å²) in [6.45, 7) is 5.87. The van der Waals surface area contributed by atoms with Crippen molar-refractivity contribution < 1.29 is 14.3 Å². The summed E-state index contributed by atoms with van der Waals surface area (Å²) in [5.41, 5.74) is 0. The molecule has 2 heterocycles. The highest BCUT2D eigenvalue weighted by Crippen LogP contribution is 2.14. The van der Waals surface area contributed by atoms with Crippen molar-refractivity contribution in [3.8, 4) is 0 Å². The lowest BCUT2D eigenvalue weighted by molar-refractivity contribution is -0.127. The zero-order valence-corrected chi connectivity index (χ0v) is 12.1. The van der Waals surface area contributed by atoms with Gasteiger partial charge in [-0.05, 0) is 26.7 Å². The van der Waals surface area contributed by atoms with Gasteiger partial charge in [0, 0.05) is 31.6 Å². The van der Waals surface area contributed by atoms with Crippen LogP contribution in [0, 0.1) is 0 Å². The van der Waals surface area contributed by atoms with E-state index in [9.17, 15) is 9.59 Å². The molecule has 20 heavy (non-hydrogen) atoms. The monoisotopic (exact) mass is 284 g/mol. The van der Waals surface area contributed by atoms with Crippen LogP contribution in [0.1, 0.15) is 33.1 Å². The first-order chi connectivity index (χ1) is 9.58. The normalized spacial score (nSPS) is 28.8. The predicted octanol–water partition coefficient (Wildman–Crippen LogP) is -0.0215. The Kier molecular flexibility index (Phi) is 5.19. The molecule has 114 valence electrons. The van der Waals surface area contributed by atoms with Crippen LogP contribution < -0.4 is 16.0 Å². The van der Waals surface area contributed by atoms with Gasteiger partial charge in [-0.1, -0.05) is 0 Å². The summed E-state index contributed by atoms with van der Waals surface area (Å²) in [6.07, 6.45) is 1.82. The van der Waals surface area contributed by atoms with E-state index in [0.29, 0.717) is 13.0 Å². The molecule has 0 radical (unpaired) electrons. The Balaban J connectivity index is 1.76. The molecule has 0 aromatic carbocycles. The Morgan fingerprint density at radius 1 is 1.45 bits per heavy atom. The molecule has 0 aliphatic carbocycles. The molecule has 0 bridgehead atoms. The number of carbonyl (C=O) groups excluding carboxylic acids is 2. The molecule has 2 aliphatic heterocycles. The van der Waals surface area contributed by atoms with Crippen molar-refractivity contribution in [3.05, 3.63) is 0 Å². The van der Waals surface area contributed by atoms with Crippen LogP contribution in [0.2, 0.25) is 0 Å². The number of ether oxygens (including phenoxy) is 1. The zero-order chi connectivity index (χ0) is 14.5. The molecule has 2 aliphatic rings. The number of nitrogens with zero attached hydrogens (tertiary/aromatic N) is 1. The largest absolute Gasteiger partial charge is 0.450 e. The summed E-state index contributed by atoms with van der Waals surface area (Å²) in [7, 11) is 0. The topological polar surface area (TPSA) is 82.7 Å². The fourth-order valence-electron chi connectivity index (χ4n) is 2.70. The van der Waals surface area contributed by atoms with Gasteiger partial charge in [0.05, 0.1) is 6.61 Å². The number of alkyl carbamates (subject to hydrolysis) is 1. The first-order valence-electron chi connectivity index (χ1n) is 7.31. The van der Waals surface area contributed by atoms with Crippen LogP contribution in [0.25, 0.3) is 0 Å². The molecule has 3 N–H and O–H groups in total. The molecule has 0 aromatic heterocycles. The van der Waals surface area contributed by atoms with Crippen LogP contribution in [-0.4, -0.2) is 55.0 Å². The van der Waals surface area contributed by atoms with Gasteiger partial charge in [0.1, 0.15) is 6.29 Å². The highest BCUT2D eigenvalue weighted by molar-refractivity contribution is 5.77. The quantitative estimate of drug-likeness (QED) is 0.678. The number of amides is 2. The molecule has 2 unspecified atom stereocenters. The van der Waals surface area contributed by atoms with E-state index in [1.807, 2.05) is 6.92 Å². The van der Waals surface area contributed by atoms with Crippen molar-refractivity contribution in [1.82, 2.24) is 20.9 Å². The standard InChI is InChI=1S/C13H24N4O3/c1-3-20-13(19)15-10-4-6-17(7-5-10)12-14-9(2)8-11(18)16-12/h9-10,12,14H,3-8H2,1-2H3,(H,15,19)(H,16,18). The van der Waals surface area contributed by atoms with Crippen molar-refractivity contribution in [2.45, 2.75) is 51.5 Å². The minimum atomic E-state index is -0.344. The summed E-state index contributed by atoms with van der Waals surface area (Å²) in [6, 6.07) is 0.353. The van der Waals surface area contributed by atoms with Crippen LogP contribution in [0.3, 0.4) is 0 Å². The smallest absolute Gasteiger partial charge is 0.407 e. The van der Waals surface area contributed by atoms with Gasteiger partial charge in [0.15, 0.2) is 0 Å². The average Bonchev–Trinajstić information content (AvgIpc) is 2.38. The third-order valence-corrected chi connectivity index (χ3v) is 3.72. The third kappa shape index (κ3) is 4.08. The zero-order valence-electron chi connectivity index (χ0n) is 12.1. The Labute approximate surface area is 119 Å². The van der Waals surface area contributed by atoms with Gasteiger partial charge < -0.3 is 15.4 Å². The van der Waals surface area contributed by atoms with Crippen molar-refractivity contribution in [1.29, 1.82) is 0 Å². The number of likely N-dealkylation sites (tertiary alicyclic amines) is 1. The van der Waals surface area contributed by atoms with Gasteiger partial charge in [-0.25, -0.2) is 4.79 Å². The highest BCUT2D eigenvalue weighted by Gasteiger charge is 2.30. The van der Waals surface area contributed by atoms with E-state index in [0.717, 1.165) is 25.9 Å². The van der Waals surface area contributed by atoms with Crippen LogP contribution in [0.15, 0.2) is 0 Å². The number of nitrogens with one attached hydrogen (secondary N) is 3. The molecular formula is C13H24N4O3. The second-order valence-electron chi connectivity index (χ2n) is 5.42. The first kappa shape index (κ1) is 15.1. The molecule has 0 aromatic rings. The molecule has 2 saturated heterocycles. The number of hydrogen-bond donors (Lipinski definition) is 3. The lowest BCUT2D eigenvalue weighted by atomic mass is 10.0. The van der Waals surface area contributed by atoms with E-state index in [-0.39, 0.29) is 30.4 Å². The second-order valence-corrected chi connectivity index (χ2v) is 5.42. The number of hydrogen-bond acceptors (Lipinski definition) is 5. The van der Waals surface area contributed by atoms with Crippen molar-refractivity contribution >= 4 is 12.0 Å². The summed E-state index contributed by atoms with van der Waals surface area (Å²) in [4.78, 5) is 25.1. The predicted molar refractivity (Wildman–Crippen MR) is 73.9 cm³/mol. The molecule has 7 nitrogen and oxygen atoms in total.